The molecule has 70 valence electrons. The van der Waals surface area contributed by atoms with E-state index in [4.69, 9.17) is 4.55 Å². The van der Waals surface area contributed by atoms with Gasteiger partial charge in [-0.25, -0.2) is 4.98 Å². The molecular formula is C6H12N2O3S. The molecule has 0 fully saturated rings. The van der Waals surface area contributed by atoms with Crippen molar-refractivity contribution in [3.63, 3.8) is 0 Å². The Hall–Kier alpha value is -0.880. The van der Waals surface area contributed by atoms with Gasteiger partial charge < -0.3 is 4.57 Å². The van der Waals surface area contributed by atoms with Crippen molar-refractivity contribution in [3.05, 3.63) is 18.7 Å². The summed E-state index contributed by atoms with van der Waals surface area (Å²) >= 11 is 0. The van der Waals surface area contributed by atoms with E-state index in [-0.39, 0.29) is 0 Å². The van der Waals surface area contributed by atoms with E-state index in [0.717, 1.165) is 6.54 Å². The van der Waals surface area contributed by atoms with Gasteiger partial charge in [-0.1, -0.05) is 0 Å². The molecule has 0 atom stereocenters. The second-order valence-electron chi connectivity index (χ2n) is 2.13. The van der Waals surface area contributed by atoms with Crippen molar-refractivity contribution in [2.45, 2.75) is 13.5 Å². The summed E-state index contributed by atoms with van der Waals surface area (Å²) in [6, 6.07) is 0. The summed E-state index contributed by atoms with van der Waals surface area (Å²) in [6.07, 6.45) is 6.25. The van der Waals surface area contributed by atoms with Crippen LogP contribution in [0, 0.1) is 0 Å². The van der Waals surface area contributed by atoms with Crippen LogP contribution >= 0.6 is 0 Å². The van der Waals surface area contributed by atoms with E-state index in [1.165, 1.54) is 0 Å². The standard InChI is InChI=1S/C5H8N2.CH4O3S/c1-2-7-4-3-6-5-7;1-5(2,3)4/h3-5H,2H2,1H3;1H3,(H,2,3,4). The van der Waals surface area contributed by atoms with Crippen molar-refractivity contribution in [1.29, 1.82) is 0 Å². The first-order valence-corrected chi connectivity index (χ1v) is 5.16. The highest BCUT2D eigenvalue weighted by atomic mass is 32.2. The predicted octanol–water partition coefficient (Wildman–Crippen LogP) is 0.407. The average molecular weight is 192 g/mol. The minimum Gasteiger partial charge on any atom is -0.338 e. The molecule has 0 spiro atoms. The Labute approximate surface area is 71.8 Å². The normalized spacial score (nSPS) is 10.2. The van der Waals surface area contributed by atoms with Crippen LogP contribution < -0.4 is 0 Å². The van der Waals surface area contributed by atoms with Crippen LogP contribution in [-0.2, 0) is 16.7 Å². The Balaban J connectivity index is 0.000000217. The lowest BCUT2D eigenvalue weighted by molar-refractivity contribution is 0.490. The molecular weight excluding hydrogens is 180 g/mol. The van der Waals surface area contributed by atoms with E-state index in [2.05, 4.69) is 11.9 Å². The Morgan fingerprint density at radius 2 is 2.08 bits per heavy atom. The van der Waals surface area contributed by atoms with Crippen LogP contribution in [0.3, 0.4) is 0 Å². The predicted molar refractivity (Wildman–Crippen MR) is 45.4 cm³/mol. The second-order valence-corrected chi connectivity index (χ2v) is 3.59. The monoisotopic (exact) mass is 192 g/mol. The molecule has 1 rings (SSSR count). The van der Waals surface area contributed by atoms with E-state index in [1.54, 1.807) is 12.5 Å². The number of aromatic nitrogens is 2. The molecule has 1 aromatic rings. The minimum atomic E-state index is -3.67. The Morgan fingerprint density at radius 3 is 2.25 bits per heavy atom. The molecule has 0 aliphatic carbocycles. The van der Waals surface area contributed by atoms with Gasteiger partial charge in [0.2, 0.25) is 0 Å². The third-order valence-electron chi connectivity index (χ3n) is 0.924. The van der Waals surface area contributed by atoms with E-state index < -0.39 is 10.1 Å². The third kappa shape index (κ3) is 9.12. The first-order valence-electron chi connectivity index (χ1n) is 3.31. The number of hydrogen-bond acceptors (Lipinski definition) is 3. The highest BCUT2D eigenvalue weighted by molar-refractivity contribution is 7.85. The second kappa shape index (κ2) is 4.89. The van der Waals surface area contributed by atoms with E-state index in [1.807, 2.05) is 10.8 Å². The van der Waals surface area contributed by atoms with E-state index in [0.29, 0.717) is 6.26 Å². The highest BCUT2D eigenvalue weighted by Gasteiger charge is 1.81. The topological polar surface area (TPSA) is 72.2 Å². The van der Waals surface area contributed by atoms with Gasteiger partial charge in [0.15, 0.2) is 0 Å². The Morgan fingerprint density at radius 1 is 1.58 bits per heavy atom. The van der Waals surface area contributed by atoms with Crippen LogP contribution in [0.15, 0.2) is 18.7 Å². The lowest BCUT2D eigenvalue weighted by Gasteiger charge is -1.87. The molecule has 12 heavy (non-hydrogen) atoms. The fourth-order valence-electron chi connectivity index (χ4n) is 0.474. The van der Waals surface area contributed by atoms with Crippen LogP contribution in [0.2, 0.25) is 0 Å². The quantitative estimate of drug-likeness (QED) is 0.654. The van der Waals surface area contributed by atoms with Crippen molar-refractivity contribution in [2.24, 2.45) is 0 Å². The van der Waals surface area contributed by atoms with Crippen LogP contribution in [0.25, 0.3) is 0 Å². The Kier molecular flexibility index (Phi) is 4.53. The summed E-state index contributed by atoms with van der Waals surface area (Å²) in [5, 5.41) is 0. The van der Waals surface area contributed by atoms with Crippen molar-refractivity contribution in [2.75, 3.05) is 6.26 Å². The Bertz CT molecular complexity index is 283. The summed E-state index contributed by atoms with van der Waals surface area (Å²) in [7, 11) is -3.67. The third-order valence-corrected chi connectivity index (χ3v) is 0.924. The highest BCUT2D eigenvalue weighted by Crippen LogP contribution is 1.81. The summed E-state index contributed by atoms with van der Waals surface area (Å²) in [6.45, 7) is 3.10. The average Bonchev–Trinajstić information content (AvgIpc) is 2.33. The van der Waals surface area contributed by atoms with Gasteiger partial charge in [0.1, 0.15) is 0 Å². The molecule has 0 radical (unpaired) electrons. The molecule has 6 heteroatoms. The summed E-state index contributed by atoms with van der Waals surface area (Å²) in [5.74, 6) is 0. The van der Waals surface area contributed by atoms with E-state index in [9.17, 15) is 8.42 Å². The molecule has 0 aliphatic rings. The summed E-state index contributed by atoms with van der Waals surface area (Å²) in [4.78, 5) is 3.86. The van der Waals surface area contributed by atoms with Gasteiger partial charge in [-0.15, -0.1) is 0 Å². The maximum atomic E-state index is 9.19. The maximum Gasteiger partial charge on any atom is 0.261 e. The van der Waals surface area contributed by atoms with Gasteiger partial charge in [-0.2, -0.15) is 8.42 Å². The molecule has 1 heterocycles. The zero-order chi connectivity index (χ0) is 9.61. The van der Waals surface area contributed by atoms with Crippen LogP contribution in [0.1, 0.15) is 6.92 Å². The van der Waals surface area contributed by atoms with Crippen molar-refractivity contribution >= 4 is 10.1 Å². The molecule has 0 amide bonds. The molecule has 0 bridgehead atoms. The summed E-state index contributed by atoms with van der Waals surface area (Å²) in [5.41, 5.74) is 0. The number of aryl methyl sites for hydroxylation is 1. The van der Waals surface area contributed by atoms with Crippen molar-refractivity contribution < 1.29 is 13.0 Å². The number of imidazole rings is 1. The van der Waals surface area contributed by atoms with E-state index >= 15 is 0 Å². The van der Waals surface area contributed by atoms with Gasteiger partial charge in [0, 0.05) is 18.9 Å². The lowest BCUT2D eigenvalue weighted by atomic mass is 10.7. The molecule has 0 aromatic carbocycles. The molecule has 0 aliphatic heterocycles. The molecule has 0 saturated heterocycles. The largest absolute Gasteiger partial charge is 0.338 e. The first-order chi connectivity index (χ1) is 5.43. The molecule has 0 saturated carbocycles. The van der Waals surface area contributed by atoms with Gasteiger partial charge in [0.25, 0.3) is 10.1 Å². The zero-order valence-corrected chi connectivity index (χ0v) is 7.82. The van der Waals surface area contributed by atoms with Gasteiger partial charge in [0.05, 0.1) is 12.6 Å². The smallest absolute Gasteiger partial charge is 0.261 e. The minimum absolute atomic E-state index is 0.715. The fourth-order valence-corrected chi connectivity index (χ4v) is 0.474. The molecule has 1 N–H and O–H groups in total. The SMILES string of the molecule is CCn1ccnc1.CS(=O)(=O)O. The first kappa shape index (κ1) is 11.1. The van der Waals surface area contributed by atoms with Crippen LogP contribution in [-0.4, -0.2) is 28.8 Å². The number of hydrogen-bond donors (Lipinski definition) is 1. The zero-order valence-electron chi connectivity index (χ0n) is 7.01. The molecule has 0 unspecified atom stereocenters. The van der Waals surface area contributed by atoms with Gasteiger partial charge >= 0.3 is 0 Å². The van der Waals surface area contributed by atoms with Crippen LogP contribution in [0.4, 0.5) is 0 Å². The number of rotatable bonds is 1. The fraction of sp³-hybridized carbons (Fsp3) is 0.500. The molecule has 1 aromatic heterocycles. The maximum absolute atomic E-state index is 9.19. The van der Waals surface area contributed by atoms with Crippen molar-refractivity contribution in [3.8, 4) is 0 Å². The lowest BCUT2D eigenvalue weighted by Crippen LogP contribution is -1.88. The number of nitrogens with zero attached hydrogens (tertiary/aromatic N) is 2. The van der Waals surface area contributed by atoms with Gasteiger partial charge in [-0.05, 0) is 6.92 Å². The van der Waals surface area contributed by atoms with Crippen LogP contribution in [0.5, 0.6) is 0 Å². The van der Waals surface area contributed by atoms with Crippen molar-refractivity contribution in [1.82, 2.24) is 9.55 Å². The van der Waals surface area contributed by atoms with Gasteiger partial charge in [-0.3, -0.25) is 4.55 Å². The molecule has 5 nitrogen and oxygen atoms in total. The summed E-state index contributed by atoms with van der Waals surface area (Å²) < 4.78 is 27.9.